The van der Waals surface area contributed by atoms with Crippen molar-refractivity contribution in [2.24, 2.45) is 10.8 Å². The Morgan fingerprint density at radius 1 is 1.04 bits per heavy atom. The minimum Gasteiger partial charge on any atom is -0.443 e. The molecule has 9 rings (SSSR count). The minimum atomic E-state index is -1.03. The number of hydrogen-bond donors (Lipinski definition) is 1. The molecule has 1 N–H and O–H groups in total. The first kappa shape index (κ1) is 28.8. The molecule has 2 aromatic carbocycles. The molecule has 47 heavy (non-hydrogen) atoms. The van der Waals surface area contributed by atoms with Crippen molar-refractivity contribution >= 4 is 28.3 Å². The molecule has 0 radical (unpaired) electrons. The van der Waals surface area contributed by atoms with Crippen molar-refractivity contribution < 1.29 is 18.7 Å². The van der Waals surface area contributed by atoms with Gasteiger partial charge in [0, 0.05) is 43.1 Å². The highest BCUT2D eigenvalue weighted by Crippen LogP contribution is 2.66. The van der Waals surface area contributed by atoms with E-state index in [1.54, 1.807) is 12.3 Å². The molecule has 11 nitrogen and oxygen atoms in total. The maximum absolute atomic E-state index is 11.7. The summed E-state index contributed by atoms with van der Waals surface area (Å²) in [7, 11) is 0. The maximum Gasteiger partial charge on any atom is 0.439 e. The van der Waals surface area contributed by atoms with Crippen molar-refractivity contribution in [1.82, 2.24) is 24.7 Å². The number of nitrogens with zero attached hydrogens (tertiary/aromatic N) is 5. The summed E-state index contributed by atoms with van der Waals surface area (Å²) in [4.78, 5) is 26.5. The molecule has 0 amide bonds. The monoisotopic (exact) mass is 654 g/mol. The fraction of sp³-hybridized carbons (Fsp3) is 0.429. The van der Waals surface area contributed by atoms with Crippen LogP contribution in [-0.4, -0.2) is 51.0 Å². The molecule has 3 aliphatic heterocycles. The molecular weight excluding hydrogens is 620 g/mol. The van der Waals surface area contributed by atoms with Crippen LogP contribution in [0.25, 0.3) is 22.4 Å². The van der Waals surface area contributed by atoms with Gasteiger partial charge in [0.25, 0.3) is 5.79 Å². The first-order valence-corrected chi connectivity index (χ1v) is 16.5. The van der Waals surface area contributed by atoms with Gasteiger partial charge in [0.1, 0.15) is 11.5 Å². The van der Waals surface area contributed by atoms with Crippen molar-refractivity contribution in [3.63, 3.8) is 0 Å². The van der Waals surface area contributed by atoms with E-state index in [9.17, 15) is 4.79 Å². The molecule has 6 heterocycles. The number of rotatable bonds is 5. The average molecular weight is 655 g/mol. The van der Waals surface area contributed by atoms with Crippen LogP contribution in [0.4, 0.5) is 5.69 Å². The number of pyridine rings is 1. The zero-order chi connectivity index (χ0) is 32.1. The summed E-state index contributed by atoms with van der Waals surface area (Å²) in [6, 6.07) is 15.9. The van der Waals surface area contributed by atoms with E-state index in [4.69, 9.17) is 35.3 Å². The van der Waals surface area contributed by atoms with Crippen molar-refractivity contribution in [2.45, 2.75) is 57.8 Å². The predicted molar refractivity (Wildman–Crippen MR) is 175 cm³/mol. The van der Waals surface area contributed by atoms with E-state index in [1.165, 1.54) is 0 Å². The molecule has 3 aromatic heterocycles. The number of imidazole rings is 1. The highest BCUT2D eigenvalue weighted by atomic mass is 35.5. The molecular formula is C35H35ClN6O5. The summed E-state index contributed by atoms with van der Waals surface area (Å²) in [5, 5.41) is 4.49. The lowest BCUT2D eigenvalue weighted by atomic mass is 9.87. The number of aromatic amines is 1. The summed E-state index contributed by atoms with van der Waals surface area (Å²) in [6.07, 6.45) is 4.82. The van der Waals surface area contributed by atoms with E-state index in [-0.39, 0.29) is 16.9 Å². The number of H-pyrrole nitrogens is 1. The molecule has 12 heteroatoms. The topological polar surface area (TPSA) is 121 Å². The van der Waals surface area contributed by atoms with Crippen LogP contribution in [0.3, 0.4) is 0 Å². The Bertz CT molecular complexity index is 2080. The molecule has 1 aliphatic carbocycles. The van der Waals surface area contributed by atoms with E-state index in [2.05, 4.69) is 50.6 Å². The van der Waals surface area contributed by atoms with Gasteiger partial charge in [0.2, 0.25) is 0 Å². The van der Waals surface area contributed by atoms with Gasteiger partial charge in [-0.2, -0.15) is 0 Å². The molecule has 1 saturated carbocycles. The Balaban J connectivity index is 0.996. The van der Waals surface area contributed by atoms with E-state index in [0.29, 0.717) is 35.7 Å². The van der Waals surface area contributed by atoms with Crippen LogP contribution in [0.1, 0.15) is 63.5 Å². The van der Waals surface area contributed by atoms with Crippen LogP contribution < -0.4 is 20.1 Å². The maximum atomic E-state index is 11.7. The lowest BCUT2D eigenvalue weighted by Crippen LogP contribution is -2.36. The van der Waals surface area contributed by atoms with Crippen LogP contribution in [0.15, 0.2) is 64.0 Å². The van der Waals surface area contributed by atoms with Gasteiger partial charge in [0.05, 0.1) is 41.0 Å². The standard InChI is InChI=1S/C35H35ClN6O5/c1-33(2)19-44-18-28(33)42-25-15-20(30-39-32(43)47-40-30)7-9-23(25)38-31(42)22-16-35(22)11-13-41(14-12-35)24-5-4-6-26-29(24)46-34(3,45-26)27-10-8-21(36)17-37-27/h4-10,15,17,22,28H,11-14,16,18-19H2,1-3H3,(H,39,40,43)/t22-,28+,34-/m0/s1. The zero-order valence-corrected chi connectivity index (χ0v) is 27.2. The zero-order valence-electron chi connectivity index (χ0n) is 26.5. The first-order chi connectivity index (χ1) is 22.6. The molecule has 242 valence electrons. The summed E-state index contributed by atoms with van der Waals surface area (Å²) in [6.45, 7) is 9.57. The Morgan fingerprint density at radius 2 is 1.89 bits per heavy atom. The van der Waals surface area contributed by atoms with Gasteiger partial charge >= 0.3 is 5.76 Å². The second kappa shape index (κ2) is 10.1. The number of para-hydroxylation sites is 1. The minimum absolute atomic E-state index is 0.0577. The van der Waals surface area contributed by atoms with E-state index in [1.807, 2.05) is 37.3 Å². The van der Waals surface area contributed by atoms with Crippen LogP contribution in [0.2, 0.25) is 5.02 Å². The van der Waals surface area contributed by atoms with Crippen molar-refractivity contribution in [3.8, 4) is 22.9 Å². The smallest absolute Gasteiger partial charge is 0.439 e. The Kier molecular flexibility index (Phi) is 6.18. The molecule has 1 spiro atoms. The second-order valence-electron chi connectivity index (χ2n) is 14.2. The number of anilines is 1. The number of fused-ring (bicyclic) bond motifs is 2. The molecule has 0 unspecified atom stereocenters. The summed E-state index contributed by atoms with van der Waals surface area (Å²) in [5.74, 6) is 1.77. The Labute approximate surface area is 275 Å². The van der Waals surface area contributed by atoms with Gasteiger partial charge < -0.3 is 23.7 Å². The average Bonchev–Trinajstić information content (AvgIpc) is 3.47. The largest absolute Gasteiger partial charge is 0.443 e. The third-order valence-corrected chi connectivity index (χ3v) is 11.0. The van der Waals surface area contributed by atoms with Crippen molar-refractivity contribution in [3.05, 3.63) is 81.8 Å². The van der Waals surface area contributed by atoms with E-state index in [0.717, 1.165) is 72.0 Å². The lowest BCUT2D eigenvalue weighted by molar-refractivity contribution is -0.0716. The van der Waals surface area contributed by atoms with Gasteiger partial charge in [-0.15, -0.1) is 0 Å². The summed E-state index contributed by atoms with van der Waals surface area (Å²) in [5.41, 5.74) is 4.60. The quantitative estimate of drug-likeness (QED) is 0.228. The number of ether oxygens (including phenoxy) is 3. The van der Waals surface area contributed by atoms with Crippen LogP contribution in [0.5, 0.6) is 11.5 Å². The fourth-order valence-electron chi connectivity index (χ4n) is 7.93. The van der Waals surface area contributed by atoms with Crippen LogP contribution >= 0.6 is 11.6 Å². The number of piperidine rings is 1. The third-order valence-electron chi connectivity index (χ3n) is 10.7. The van der Waals surface area contributed by atoms with Gasteiger partial charge in [-0.25, -0.2) is 9.78 Å². The Hall–Kier alpha value is -4.35. The molecule has 4 aliphatic rings. The summed E-state index contributed by atoms with van der Waals surface area (Å²) >= 11 is 6.08. The number of halogens is 1. The highest BCUT2D eigenvalue weighted by molar-refractivity contribution is 6.30. The predicted octanol–water partition coefficient (Wildman–Crippen LogP) is 6.44. The van der Waals surface area contributed by atoms with Crippen molar-refractivity contribution in [2.75, 3.05) is 31.2 Å². The van der Waals surface area contributed by atoms with Gasteiger partial charge in [-0.3, -0.25) is 14.5 Å². The third kappa shape index (κ3) is 4.57. The lowest BCUT2D eigenvalue weighted by Gasteiger charge is -2.35. The first-order valence-electron chi connectivity index (χ1n) is 16.2. The van der Waals surface area contributed by atoms with E-state index < -0.39 is 11.5 Å². The number of benzene rings is 2. The highest BCUT2D eigenvalue weighted by Gasteiger charge is 2.58. The SMILES string of the molecule is CC1(C)COC[C@H]1n1c([C@@H]2CC23CCN(c2cccc4c2O[C@@](C)(c2ccc(Cl)cn2)O4)CC3)nc2ccc(-c3noc(=O)[nH]3)cc21. The fourth-order valence-corrected chi connectivity index (χ4v) is 8.05. The molecule has 0 bridgehead atoms. The number of nitrogens with one attached hydrogen (secondary N) is 1. The van der Waals surface area contributed by atoms with Gasteiger partial charge in [0.15, 0.2) is 17.3 Å². The molecule has 3 atom stereocenters. The molecule has 2 saturated heterocycles. The van der Waals surface area contributed by atoms with Crippen molar-refractivity contribution in [1.29, 1.82) is 0 Å². The van der Waals surface area contributed by atoms with Crippen LogP contribution in [0, 0.1) is 10.8 Å². The van der Waals surface area contributed by atoms with Crippen LogP contribution in [-0.2, 0) is 10.5 Å². The second-order valence-corrected chi connectivity index (χ2v) is 14.7. The molecule has 3 fully saturated rings. The summed E-state index contributed by atoms with van der Waals surface area (Å²) < 4.78 is 26.1. The molecule has 5 aromatic rings. The normalized spacial score (nSPS) is 25.6. The van der Waals surface area contributed by atoms with E-state index >= 15 is 0 Å². The van der Waals surface area contributed by atoms with Gasteiger partial charge in [-0.1, -0.05) is 36.7 Å². The number of aromatic nitrogens is 5. The number of hydrogen-bond acceptors (Lipinski definition) is 9. The van der Waals surface area contributed by atoms with Gasteiger partial charge in [-0.05, 0) is 67.1 Å². The Morgan fingerprint density at radius 3 is 2.62 bits per heavy atom.